The van der Waals surface area contributed by atoms with Crippen LogP contribution in [0, 0.1) is 17.8 Å². The number of piperidine rings is 1. The third-order valence-electron chi connectivity index (χ3n) is 10.5. The van der Waals surface area contributed by atoms with Crippen molar-refractivity contribution in [3.05, 3.63) is 35.9 Å². The number of ether oxygens (including phenoxy) is 2. The molecule has 1 aliphatic heterocycles. The molecule has 50 heavy (non-hydrogen) atoms. The van der Waals surface area contributed by atoms with Gasteiger partial charge in [-0.1, -0.05) is 96.0 Å². The number of nitrogens with one attached hydrogen (secondary N) is 3. The molecule has 1 saturated carbocycles. The zero-order valence-electron chi connectivity index (χ0n) is 31.2. The maximum atomic E-state index is 14.3. The summed E-state index contributed by atoms with van der Waals surface area (Å²) in [7, 11) is 1.61. The van der Waals surface area contributed by atoms with Crippen LogP contribution in [-0.4, -0.2) is 98.1 Å². The van der Waals surface area contributed by atoms with Crippen molar-refractivity contribution in [2.24, 2.45) is 23.5 Å². The molecule has 3 rings (SSSR count). The zero-order chi connectivity index (χ0) is 36.3. The molecule has 6 N–H and O–H groups in total. The number of amides is 3. The number of nitrogens with two attached hydrogens (primary N) is 1. The minimum absolute atomic E-state index is 0.00814. The van der Waals surface area contributed by atoms with Crippen LogP contribution in [0.5, 0.6) is 0 Å². The average molecular weight is 702 g/mol. The van der Waals surface area contributed by atoms with Gasteiger partial charge in [0.1, 0.15) is 6.79 Å². The third kappa shape index (κ3) is 14.2. The number of hydrogen-bond donors (Lipinski definition) is 5. The van der Waals surface area contributed by atoms with E-state index in [0.717, 1.165) is 56.9 Å². The Morgan fingerprint density at radius 3 is 2.32 bits per heavy atom. The van der Waals surface area contributed by atoms with E-state index in [1.165, 1.54) is 6.42 Å². The SMILES string of the molecule is CCCC[C@H](NC(Cc1ccccc1)C(=O)N1CCC(OCOC)CC1)C(=O)NC(CC1CCCCC1)C(O)CC(C(=O)NCCN)C(C)C. The summed E-state index contributed by atoms with van der Waals surface area (Å²) >= 11 is 0. The van der Waals surface area contributed by atoms with Crippen LogP contribution in [0.4, 0.5) is 0 Å². The van der Waals surface area contributed by atoms with Gasteiger partial charge < -0.3 is 35.8 Å². The first kappa shape index (κ1) is 41.8. The Morgan fingerprint density at radius 1 is 1.00 bits per heavy atom. The topological polar surface area (TPSA) is 155 Å². The molecular weight excluding hydrogens is 634 g/mol. The Morgan fingerprint density at radius 2 is 1.70 bits per heavy atom. The smallest absolute Gasteiger partial charge is 0.240 e. The van der Waals surface area contributed by atoms with Crippen LogP contribution >= 0.6 is 0 Å². The standard InChI is InChI=1S/C39H67N5O6/c1-5-6-17-33(42-35(25-30-15-11-8-12-16-30)39(48)44-22-18-31(19-23-44)50-27-49-4)38(47)43-34(24-29-13-9-7-10-14-29)36(45)26-32(28(2)3)37(46)41-21-20-40/h8,11-12,15-16,28-29,31-36,42,45H,5-7,9-10,13-14,17-27,40H2,1-4H3,(H,41,46)(H,43,47)/t32?,33-,34?,35?,36?/m0/s1. The second-order valence-electron chi connectivity index (χ2n) is 14.8. The van der Waals surface area contributed by atoms with Gasteiger partial charge in [0.15, 0.2) is 0 Å². The predicted molar refractivity (Wildman–Crippen MR) is 197 cm³/mol. The van der Waals surface area contributed by atoms with Gasteiger partial charge in [0.25, 0.3) is 0 Å². The zero-order valence-corrected chi connectivity index (χ0v) is 31.2. The number of carbonyl (C=O) groups is 3. The third-order valence-corrected chi connectivity index (χ3v) is 10.5. The Kier molecular flexibility index (Phi) is 19.3. The molecule has 284 valence electrons. The molecule has 0 spiro atoms. The first-order valence-corrected chi connectivity index (χ1v) is 19.3. The van der Waals surface area contributed by atoms with Crippen LogP contribution in [0.25, 0.3) is 0 Å². The van der Waals surface area contributed by atoms with Crippen molar-refractivity contribution in [1.82, 2.24) is 20.9 Å². The monoisotopic (exact) mass is 702 g/mol. The van der Waals surface area contributed by atoms with Crippen LogP contribution < -0.4 is 21.7 Å². The summed E-state index contributed by atoms with van der Waals surface area (Å²) < 4.78 is 10.8. The number of methoxy groups -OCH3 is 1. The molecule has 1 aliphatic carbocycles. The first-order valence-electron chi connectivity index (χ1n) is 19.3. The lowest BCUT2D eigenvalue weighted by atomic mass is 9.81. The van der Waals surface area contributed by atoms with Crippen LogP contribution in [0.3, 0.4) is 0 Å². The summed E-state index contributed by atoms with van der Waals surface area (Å²) in [5, 5.41) is 21.4. The highest BCUT2D eigenvalue weighted by atomic mass is 16.7. The van der Waals surface area contributed by atoms with Gasteiger partial charge in [-0.2, -0.15) is 0 Å². The highest BCUT2D eigenvalue weighted by Crippen LogP contribution is 2.30. The van der Waals surface area contributed by atoms with Gasteiger partial charge in [-0.3, -0.25) is 19.7 Å². The van der Waals surface area contributed by atoms with Crippen LogP contribution in [-0.2, 0) is 30.3 Å². The predicted octanol–water partition coefficient (Wildman–Crippen LogP) is 3.91. The molecule has 0 radical (unpaired) electrons. The minimum atomic E-state index is -0.896. The average Bonchev–Trinajstić information content (AvgIpc) is 3.13. The lowest BCUT2D eigenvalue weighted by molar-refractivity contribution is -0.139. The quantitative estimate of drug-likeness (QED) is 0.114. The summed E-state index contributed by atoms with van der Waals surface area (Å²) in [6.07, 6.45) is 9.92. The Labute approximate surface area is 301 Å². The molecule has 0 aromatic heterocycles. The molecule has 4 unspecified atom stereocenters. The molecule has 1 aromatic rings. The summed E-state index contributed by atoms with van der Waals surface area (Å²) in [5.41, 5.74) is 6.65. The maximum absolute atomic E-state index is 14.3. The summed E-state index contributed by atoms with van der Waals surface area (Å²) in [4.78, 5) is 43.4. The van der Waals surface area contributed by atoms with Crippen LogP contribution in [0.2, 0.25) is 0 Å². The number of likely N-dealkylation sites (tertiary alicyclic amines) is 1. The number of hydrogen-bond acceptors (Lipinski definition) is 8. The minimum Gasteiger partial charge on any atom is -0.391 e. The van der Waals surface area contributed by atoms with Crippen molar-refractivity contribution in [2.45, 2.75) is 135 Å². The lowest BCUT2D eigenvalue weighted by Gasteiger charge is -2.36. The lowest BCUT2D eigenvalue weighted by Crippen LogP contribution is -2.58. The molecule has 11 nitrogen and oxygen atoms in total. The second kappa shape index (κ2) is 23.1. The van der Waals surface area contributed by atoms with Crippen molar-refractivity contribution < 1.29 is 29.0 Å². The van der Waals surface area contributed by atoms with Gasteiger partial charge in [-0.15, -0.1) is 0 Å². The molecule has 5 atom stereocenters. The van der Waals surface area contributed by atoms with E-state index < -0.39 is 30.1 Å². The highest BCUT2D eigenvalue weighted by Gasteiger charge is 2.35. The van der Waals surface area contributed by atoms with Crippen molar-refractivity contribution in [3.8, 4) is 0 Å². The number of rotatable bonds is 22. The van der Waals surface area contributed by atoms with Gasteiger partial charge in [-0.05, 0) is 55.9 Å². The fourth-order valence-corrected chi connectivity index (χ4v) is 7.45. The number of benzene rings is 1. The van der Waals surface area contributed by atoms with E-state index in [1.807, 2.05) is 49.1 Å². The number of unbranched alkanes of at least 4 members (excludes halogenated alkanes) is 1. The molecule has 11 heteroatoms. The second-order valence-corrected chi connectivity index (χ2v) is 14.8. The molecular formula is C39H67N5O6. The van der Waals surface area contributed by atoms with E-state index in [4.69, 9.17) is 15.2 Å². The van der Waals surface area contributed by atoms with Crippen molar-refractivity contribution in [1.29, 1.82) is 0 Å². The van der Waals surface area contributed by atoms with E-state index in [-0.39, 0.29) is 43.0 Å². The molecule has 1 saturated heterocycles. The largest absolute Gasteiger partial charge is 0.391 e. The van der Waals surface area contributed by atoms with Gasteiger partial charge in [-0.25, -0.2) is 0 Å². The van der Waals surface area contributed by atoms with Gasteiger partial charge in [0, 0.05) is 39.2 Å². The fourth-order valence-electron chi connectivity index (χ4n) is 7.45. The first-order chi connectivity index (χ1) is 24.2. The molecule has 2 aliphatic rings. The van der Waals surface area contributed by atoms with Gasteiger partial charge in [0.05, 0.1) is 30.3 Å². The van der Waals surface area contributed by atoms with E-state index in [1.54, 1.807) is 7.11 Å². The molecule has 0 bridgehead atoms. The maximum Gasteiger partial charge on any atom is 0.240 e. The van der Waals surface area contributed by atoms with E-state index in [0.29, 0.717) is 51.4 Å². The van der Waals surface area contributed by atoms with Gasteiger partial charge in [0.2, 0.25) is 17.7 Å². The van der Waals surface area contributed by atoms with E-state index in [2.05, 4.69) is 22.9 Å². The summed E-state index contributed by atoms with van der Waals surface area (Å²) in [6.45, 7) is 8.19. The number of nitrogens with zero attached hydrogens (tertiary/aromatic N) is 1. The Bertz CT molecular complexity index is 1110. The van der Waals surface area contributed by atoms with Crippen LogP contribution in [0.1, 0.15) is 103 Å². The normalized spacial score (nSPS) is 19.1. The van der Waals surface area contributed by atoms with Crippen LogP contribution in [0.15, 0.2) is 30.3 Å². The molecule has 1 heterocycles. The Hall–Kier alpha value is -2.57. The molecule has 3 amide bonds. The summed E-state index contributed by atoms with van der Waals surface area (Å²) in [6, 6.07) is 8.20. The number of aliphatic hydroxyl groups excluding tert-OH is 1. The van der Waals surface area contributed by atoms with Gasteiger partial charge >= 0.3 is 0 Å². The summed E-state index contributed by atoms with van der Waals surface area (Å²) in [5.74, 6) is -0.342. The Balaban J connectivity index is 1.81. The number of aliphatic hydroxyl groups is 1. The van der Waals surface area contributed by atoms with Crippen molar-refractivity contribution in [3.63, 3.8) is 0 Å². The van der Waals surface area contributed by atoms with Crippen molar-refractivity contribution >= 4 is 17.7 Å². The number of carbonyl (C=O) groups excluding carboxylic acids is 3. The molecule has 2 fully saturated rings. The fraction of sp³-hybridized carbons (Fsp3) is 0.769. The van der Waals surface area contributed by atoms with E-state index in [9.17, 15) is 19.5 Å². The molecule has 1 aromatic carbocycles. The van der Waals surface area contributed by atoms with Crippen molar-refractivity contribution in [2.75, 3.05) is 40.1 Å². The van der Waals surface area contributed by atoms with E-state index >= 15 is 0 Å². The highest BCUT2D eigenvalue weighted by molar-refractivity contribution is 5.86.